The number of thiophene rings is 1. The Balaban J connectivity index is 1.97. The fourth-order valence-corrected chi connectivity index (χ4v) is 4.53. The van der Waals surface area contributed by atoms with Gasteiger partial charge in [-0.1, -0.05) is 78.3 Å². The second-order valence-corrected chi connectivity index (χ2v) is 7.76. The Morgan fingerprint density at radius 1 is 0.821 bits per heavy atom. The van der Waals surface area contributed by atoms with Crippen LogP contribution in [-0.2, 0) is 4.74 Å². The molecule has 0 atom stereocenters. The topological polar surface area (TPSA) is 26.3 Å². The van der Waals surface area contributed by atoms with E-state index in [0.717, 1.165) is 32.0 Å². The molecule has 1 heterocycles. The van der Waals surface area contributed by atoms with E-state index in [2.05, 4.69) is 30.3 Å². The Labute approximate surface area is 173 Å². The van der Waals surface area contributed by atoms with Crippen molar-refractivity contribution in [1.82, 2.24) is 0 Å². The van der Waals surface area contributed by atoms with Crippen LogP contribution in [0.1, 0.15) is 10.4 Å². The molecule has 0 fully saturated rings. The molecular formula is C24H17ClO2S. The number of rotatable bonds is 4. The first-order valence-corrected chi connectivity index (χ1v) is 9.99. The van der Waals surface area contributed by atoms with Crippen molar-refractivity contribution in [1.29, 1.82) is 0 Å². The van der Waals surface area contributed by atoms with Crippen molar-refractivity contribution < 1.29 is 9.53 Å². The normalized spacial score (nSPS) is 10.6. The summed E-state index contributed by atoms with van der Waals surface area (Å²) in [5, 5.41) is 0.504. The Kier molecular flexibility index (Phi) is 5.29. The lowest BCUT2D eigenvalue weighted by molar-refractivity contribution is 0.0601. The highest BCUT2D eigenvalue weighted by Gasteiger charge is 2.20. The largest absolute Gasteiger partial charge is 0.465 e. The van der Waals surface area contributed by atoms with Crippen molar-refractivity contribution in [2.75, 3.05) is 7.11 Å². The molecule has 0 unspecified atom stereocenters. The molecule has 0 aliphatic carbocycles. The molecule has 0 saturated carbocycles. The number of carbonyl (C=O) groups is 1. The number of hydrogen-bond acceptors (Lipinski definition) is 3. The molecule has 0 bridgehead atoms. The van der Waals surface area contributed by atoms with Crippen molar-refractivity contribution in [2.45, 2.75) is 0 Å². The van der Waals surface area contributed by atoms with E-state index in [-0.39, 0.29) is 0 Å². The Hall–Kier alpha value is -2.88. The van der Waals surface area contributed by atoms with Gasteiger partial charge in [0.15, 0.2) is 0 Å². The van der Waals surface area contributed by atoms with Crippen molar-refractivity contribution in [3.63, 3.8) is 0 Å². The monoisotopic (exact) mass is 404 g/mol. The molecule has 2 nitrogen and oxygen atoms in total. The van der Waals surface area contributed by atoms with Crippen LogP contribution in [-0.4, -0.2) is 13.1 Å². The Morgan fingerprint density at radius 2 is 1.46 bits per heavy atom. The van der Waals surface area contributed by atoms with Crippen LogP contribution in [0.25, 0.3) is 32.0 Å². The van der Waals surface area contributed by atoms with E-state index in [4.69, 9.17) is 16.3 Å². The summed E-state index contributed by atoms with van der Waals surface area (Å²) in [5.74, 6) is -0.399. The summed E-state index contributed by atoms with van der Waals surface area (Å²) < 4.78 is 5.00. The average molecular weight is 405 g/mol. The van der Waals surface area contributed by atoms with Gasteiger partial charge in [0.05, 0.1) is 12.7 Å². The first-order chi connectivity index (χ1) is 13.7. The van der Waals surface area contributed by atoms with Crippen LogP contribution in [0.5, 0.6) is 0 Å². The minimum absolute atomic E-state index is 0.399. The number of methoxy groups -OCH3 is 1. The molecule has 0 aliphatic heterocycles. The lowest BCUT2D eigenvalue weighted by Gasteiger charge is -2.10. The first kappa shape index (κ1) is 18.5. The van der Waals surface area contributed by atoms with Gasteiger partial charge in [0.25, 0.3) is 0 Å². The van der Waals surface area contributed by atoms with Crippen molar-refractivity contribution in [2.24, 2.45) is 0 Å². The fourth-order valence-electron chi connectivity index (χ4n) is 3.17. The lowest BCUT2D eigenvalue weighted by Crippen LogP contribution is -2.03. The van der Waals surface area contributed by atoms with Gasteiger partial charge < -0.3 is 4.74 Å². The average Bonchev–Trinajstić information content (AvgIpc) is 3.19. The second-order valence-electron chi connectivity index (χ2n) is 6.27. The third-order valence-corrected chi connectivity index (χ3v) is 5.97. The van der Waals surface area contributed by atoms with Crippen LogP contribution in [0.3, 0.4) is 0 Å². The Morgan fingerprint density at radius 3 is 2.11 bits per heavy atom. The molecule has 1 aromatic heterocycles. The summed E-state index contributed by atoms with van der Waals surface area (Å²) in [6, 6.07) is 27.9. The number of hydrogen-bond donors (Lipinski definition) is 0. The first-order valence-electron chi connectivity index (χ1n) is 8.80. The van der Waals surface area contributed by atoms with Gasteiger partial charge >= 0.3 is 5.97 Å². The number of esters is 1. The Bertz CT molecular complexity index is 1120. The predicted octanol–water partition coefficient (Wildman–Crippen LogP) is 7.19. The maximum atomic E-state index is 12.4. The van der Waals surface area contributed by atoms with Crippen molar-refractivity contribution >= 4 is 28.9 Å². The molecule has 138 valence electrons. The van der Waals surface area contributed by atoms with Crippen LogP contribution in [0.4, 0.5) is 0 Å². The molecule has 0 saturated heterocycles. The maximum Gasteiger partial charge on any atom is 0.338 e. The zero-order chi connectivity index (χ0) is 19.5. The fraction of sp³-hybridized carbons (Fsp3) is 0.0417. The highest BCUT2D eigenvalue weighted by atomic mass is 35.5. The molecule has 4 aromatic rings. The van der Waals surface area contributed by atoms with E-state index < -0.39 is 5.97 Å². The summed E-state index contributed by atoms with van der Waals surface area (Å²) in [4.78, 5) is 14.6. The number of ether oxygens (including phenoxy) is 1. The quantitative estimate of drug-likeness (QED) is 0.336. The molecule has 4 heteroatoms. The SMILES string of the molecule is COC(=O)c1cc(Cl)ccc1-c1cc(-c2ccccc2)sc1-c1ccccc1. The highest BCUT2D eigenvalue weighted by molar-refractivity contribution is 7.19. The van der Waals surface area contributed by atoms with E-state index in [9.17, 15) is 4.79 Å². The smallest absolute Gasteiger partial charge is 0.338 e. The van der Waals surface area contributed by atoms with Crippen LogP contribution >= 0.6 is 22.9 Å². The van der Waals surface area contributed by atoms with Gasteiger partial charge in [-0.3, -0.25) is 0 Å². The van der Waals surface area contributed by atoms with Gasteiger partial charge in [0.1, 0.15) is 0 Å². The van der Waals surface area contributed by atoms with Crippen LogP contribution in [0.2, 0.25) is 5.02 Å². The number of halogens is 1. The van der Waals surface area contributed by atoms with E-state index in [1.54, 1.807) is 23.5 Å². The zero-order valence-electron chi connectivity index (χ0n) is 15.2. The van der Waals surface area contributed by atoms with Crippen LogP contribution in [0, 0.1) is 0 Å². The molecule has 0 amide bonds. The predicted molar refractivity (Wildman–Crippen MR) is 117 cm³/mol. The number of carbonyl (C=O) groups excluding carboxylic acids is 1. The molecular weight excluding hydrogens is 388 g/mol. The second kappa shape index (κ2) is 8.01. The number of benzene rings is 3. The van der Waals surface area contributed by atoms with Crippen molar-refractivity contribution in [3.05, 3.63) is 95.5 Å². The molecule has 3 aromatic carbocycles. The molecule has 28 heavy (non-hydrogen) atoms. The van der Waals surface area contributed by atoms with E-state index >= 15 is 0 Å². The van der Waals surface area contributed by atoms with Gasteiger partial charge in [0, 0.05) is 20.3 Å². The van der Waals surface area contributed by atoms with E-state index in [1.165, 1.54) is 7.11 Å². The van der Waals surface area contributed by atoms with Gasteiger partial charge in [-0.2, -0.15) is 0 Å². The van der Waals surface area contributed by atoms with Gasteiger partial charge in [-0.05, 0) is 34.9 Å². The minimum atomic E-state index is -0.399. The molecule has 0 spiro atoms. The lowest BCUT2D eigenvalue weighted by atomic mass is 9.97. The van der Waals surface area contributed by atoms with E-state index in [1.807, 2.05) is 42.5 Å². The zero-order valence-corrected chi connectivity index (χ0v) is 16.8. The summed E-state index contributed by atoms with van der Waals surface area (Å²) >= 11 is 7.87. The van der Waals surface area contributed by atoms with Gasteiger partial charge in [0.2, 0.25) is 0 Å². The van der Waals surface area contributed by atoms with Crippen LogP contribution in [0.15, 0.2) is 84.9 Å². The van der Waals surface area contributed by atoms with Gasteiger partial charge in [-0.15, -0.1) is 11.3 Å². The molecule has 0 radical (unpaired) electrons. The standard InChI is InChI=1S/C24H17ClO2S/c1-27-24(26)21-14-18(25)12-13-19(21)20-15-22(16-8-4-2-5-9-16)28-23(20)17-10-6-3-7-11-17/h2-15H,1H3. The summed E-state index contributed by atoms with van der Waals surface area (Å²) in [7, 11) is 1.38. The molecule has 0 N–H and O–H groups in total. The third-order valence-electron chi connectivity index (χ3n) is 4.50. The van der Waals surface area contributed by atoms with E-state index in [0.29, 0.717) is 10.6 Å². The maximum absolute atomic E-state index is 12.4. The molecule has 4 rings (SSSR count). The third kappa shape index (κ3) is 3.59. The van der Waals surface area contributed by atoms with Gasteiger partial charge in [-0.25, -0.2) is 4.79 Å². The minimum Gasteiger partial charge on any atom is -0.465 e. The van der Waals surface area contributed by atoms with Crippen molar-refractivity contribution in [3.8, 4) is 32.0 Å². The highest BCUT2D eigenvalue weighted by Crippen LogP contribution is 2.44. The molecule has 0 aliphatic rings. The summed E-state index contributed by atoms with van der Waals surface area (Å²) in [6.45, 7) is 0. The summed E-state index contributed by atoms with van der Waals surface area (Å²) in [5.41, 5.74) is 4.52. The summed E-state index contributed by atoms with van der Waals surface area (Å²) in [6.07, 6.45) is 0. The van der Waals surface area contributed by atoms with Crippen LogP contribution < -0.4 is 0 Å².